The van der Waals surface area contributed by atoms with Crippen molar-refractivity contribution in [2.45, 2.75) is 76.4 Å². The first-order valence-electron chi connectivity index (χ1n) is 9.55. The second kappa shape index (κ2) is 5.33. The molecule has 2 aromatic rings. The maximum atomic E-state index is 5.78. The van der Waals surface area contributed by atoms with Crippen molar-refractivity contribution in [3.63, 3.8) is 0 Å². The van der Waals surface area contributed by atoms with Gasteiger partial charge in [-0.05, 0) is 44.6 Å². The van der Waals surface area contributed by atoms with E-state index in [1.807, 2.05) is 0 Å². The van der Waals surface area contributed by atoms with Gasteiger partial charge < -0.3 is 4.84 Å². The van der Waals surface area contributed by atoms with E-state index in [0.717, 1.165) is 31.4 Å². The lowest BCUT2D eigenvalue weighted by Gasteiger charge is -2.34. The zero-order chi connectivity index (χ0) is 16.1. The molecular formula is C20H25N3O. The van der Waals surface area contributed by atoms with E-state index in [1.54, 1.807) is 0 Å². The smallest absolute Gasteiger partial charge is 0.143 e. The molecule has 0 N–H and O–H groups in total. The topological polar surface area (TPSA) is 39.4 Å². The van der Waals surface area contributed by atoms with E-state index < -0.39 is 0 Å². The van der Waals surface area contributed by atoms with Gasteiger partial charge in [-0.15, -0.1) is 0 Å². The predicted molar refractivity (Wildman–Crippen MR) is 95.4 cm³/mol. The van der Waals surface area contributed by atoms with Gasteiger partial charge in [-0.3, -0.25) is 4.68 Å². The first kappa shape index (κ1) is 14.5. The highest BCUT2D eigenvalue weighted by atomic mass is 16.7. The summed E-state index contributed by atoms with van der Waals surface area (Å²) in [5.41, 5.74) is 4.88. The van der Waals surface area contributed by atoms with Crippen molar-refractivity contribution in [1.29, 1.82) is 0 Å². The highest BCUT2D eigenvalue weighted by molar-refractivity contribution is 6.04. The third kappa shape index (κ3) is 2.11. The summed E-state index contributed by atoms with van der Waals surface area (Å²) >= 11 is 0. The van der Waals surface area contributed by atoms with Crippen molar-refractivity contribution in [3.05, 3.63) is 29.5 Å². The summed E-state index contributed by atoms with van der Waals surface area (Å²) in [6.07, 6.45) is 10.7. The van der Waals surface area contributed by atoms with Gasteiger partial charge in [0.15, 0.2) is 0 Å². The van der Waals surface area contributed by atoms with Gasteiger partial charge in [0, 0.05) is 17.4 Å². The van der Waals surface area contributed by atoms with Gasteiger partial charge in [0.25, 0.3) is 0 Å². The fraction of sp³-hybridized carbons (Fsp3) is 0.600. The largest absolute Gasteiger partial charge is 0.389 e. The average Bonchev–Trinajstić information content (AvgIpc) is 3.30. The SMILES string of the molecule is CCc1nn(C2CCCC2)c2cc(C3=NOC4(CCC4)C3)ccc12. The number of aromatic nitrogens is 2. The highest BCUT2D eigenvalue weighted by Gasteiger charge is 2.44. The number of hydrogen-bond donors (Lipinski definition) is 0. The molecule has 3 aliphatic rings. The van der Waals surface area contributed by atoms with E-state index >= 15 is 0 Å². The minimum absolute atomic E-state index is 0.0323. The van der Waals surface area contributed by atoms with Crippen molar-refractivity contribution >= 4 is 16.6 Å². The average molecular weight is 323 g/mol. The second-order valence-corrected chi connectivity index (χ2v) is 7.76. The van der Waals surface area contributed by atoms with Crippen LogP contribution in [0, 0.1) is 0 Å². The second-order valence-electron chi connectivity index (χ2n) is 7.76. The van der Waals surface area contributed by atoms with E-state index in [4.69, 9.17) is 9.94 Å². The molecule has 1 spiro atoms. The van der Waals surface area contributed by atoms with Crippen molar-refractivity contribution in [2.24, 2.45) is 5.16 Å². The van der Waals surface area contributed by atoms with Crippen LogP contribution in [0.2, 0.25) is 0 Å². The summed E-state index contributed by atoms with van der Waals surface area (Å²) in [7, 11) is 0. The van der Waals surface area contributed by atoms with E-state index in [0.29, 0.717) is 6.04 Å². The van der Waals surface area contributed by atoms with Gasteiger partial charge in [0.2, 0.25) is 0 Å². The van der Waals surface area contributed by atoms with Gasteiger partial charge in [0.1, 0.15) is 5.60 Å². The summed E-state index contributed by atoms with van der Waals surface area (Å²) in [6.45, 7) is 2.20. The zero-order valence-electron chi connectivity index (χ0n) is 14.4. The molecule has 2 fully saturated rings. The van der Waals surface area contributed by atoms with Crippen LogP contribution in [0.1, 0.15) is 75.6 Å². The molecule has 0 saturated heterocycles. The van der Waals surface area contributed by atoms with Crippen LogP contribution in [-0.4, -0.2) is 21.1 Å². The molecule has 4 heteroatoms. The van der Waals surface area contributed by atoms with Gasteiger partial charge in [-0.1, -0.05) is 37.1 Å². The summed E-state index contributed by atoms with van der Waals surface area (Å²) in [5.74, 6) is 0. The molecule has 1 aliphatic heterocycles. The normalized spacial score (nSPS) is 22.8. The summed E-state index contributed by atoms with van der Waals surface area (Å²) < 4.78 is 2.31. The van der Waals surface area contributed by atoms with Crippen LogP contribution < -0.4 is 0 Å². The Morgan fingerprint density at radius 3 is 2.71 bits per heavy atom. The van der Waals surface area contributed by atoms with Crippen LogP contribution >= 0.6 is 0 Å². The van der Waals surface area contributed by atoms with E-state index in [9.17, 15) is 0 Å². The Morgan fingerprint density at radius 1 is 1.21 bits per heavy atom. The Morgan fingerprint density at radius 2 is 2.04 bits per heavy atom. The number of hydrogen-bond acceptors (Lipinski definition) is 3. The van der Waals surface area contributed by atoms with Crippen molar-refractivity contribution in [3.8, 4) is 0 Å². The Labute approximate surface area is 142 Å². The molecule has 2 aliphatic carbocycles. The number of rotatable bonds is 3. The standard InChI is InChI=1S/C20H25N3O/c1-2-17-16-9-8-14(18-13-20(24-22-18)10-5-11-20)12-19(16)23(21-17)15-6-3-4-7-15/h8-9,12,15H,2-7,10-11,13H2,1H3. The Kier molecular flexibility index (Phi) is 3.22. The quantitative estimate of drug-likeness (QED) is 0.817. The predicted octanol–water partition coefficient (Wildman–Crippen LogP) is 4.76. The van der Waals surface area contributed by atoms with Gasteiger partial charge >= 0.3 is 0 Å². The minimum atomic E-state index is 0.0323. The summed E-state index contributed by atoms with van der Waals surface area (Å²) in [6, 6.07) is 7.33. The number of fused-ring (bicyclic) bond motifs is 1. The van der Waals surface area contributed by atoms with Gasteiger partial charge in [0.05, 0.1) is 23.0 Å². The lowest BCUT2D eigenvalue weighted by atomic mass is 9.76. The fourth-order valence-electron chi connectivity index (χ4n) is 4.59. The van der Waals surface area contributed by atoms with Crippen LogP contribution in [0.15, 0.2) is 23.4 Å². The molecule has 0 amide bonds. The Hall–Kier alpha value is -1.84. The fourth-order valence-corrected chi connectivity index (χ4v) is 4.59. The highest BCUT2D eigenvalue weighted by Crippen LogP contribution is 2.43. The van der Waals surface area contributed by atoms with Crippen LogP contribution in [0.5, 0.6) is 0 Å². The van der Waals surface area contributed by atoms with Crippen LogP contribution in [0.25, 0.3) is 10.9 Å². The lowest BCUT2D eigenvalue weighted by Crippen LogP contribution is -2.36. The van der Waals surface area contributed by atoms with Crippen molar-refractivity contribution in [2.75, 3.05) is 0 Å². The molecule has 0 radical (unpaired) electrons. The molecule has 1 aromatic heterocycles. The van der Waals surface area contributed by atoms with Crippen LogP contribution in [0.4, 0.5) is 0 Å². The molecule has 126 valence electrons. The third-order valence-corrected chi connectivity index (χ3v) is 6.23. The Bertz CT molecular complexity index is 810. The lowest BCUT2D eigenvalue weighted by molar-refractivity contribution is -0.0755. The molecular weight excluding hydrogens is 298 g/mol. The minimum Gasteiger partial charge on any atom is -0.389 e. The molecule has 2 heterocycles. The van der Waals surface area contributed by atoms with E-state index in [2.05, 4.69) is 35.0 Å². The molecule has 0 unspecified atom stereocenters. The molecule has 5 rings (SSSR count). The molecule has 0 atom stereocenters. The number of aryl methyl sites for hydroxylation is 1. The molecule has 0 bridgehead atoms. The molecule has 24 heavy (non-hydrogen) atoms. The number of benzene rings is 1. The first-order valence-corrected chi connectivity index (χ1v) is 9.55. The van der Waals surface area contributed by atoms with E-state index in [1.165, 1.54) is 54.3 Å². The first-order chi connectivity index (χ1) is 11.8. The van der Waals surface area contributed by atoms with E-state index in [-0.39, 0.29) is 5.60 Å². The van der Waals surface area contributed by atoms with Gasteiger partial charge in [-0.25, -0.2) is 0 Å². The number of oxime groups is 1. The molecule has 4 nitrogen and oxygen atoms in total. The van der Waals surface area contributed by atoms with Crippen molar-refractivity contribution in [1.82, 2.24) is 9.78 Å². The van der Waals surface area contributed by atoms with Crippen LogP contribution in [0.3, 0.4) is 0 Å². The number of nitrogens with zero attached hydrogens (tertiary/aromatic N) is 3. The van der Waals surface area contributed by atoms with Crippen molar-refractivity contribution < 1.29 is 4.84 Å². The zero-order valence-corrected chi connectivity index (χ0v) is 14.4. The third-order valence-electron chi connectivity index (χ3n) is 6.23. The molecule has 1 aromatic carbocycles. The maximum Gasteiger partial charge on any atom is 0.143 e. The summed E-state index contributed by atoms with van der Waals surface area (Å²) in [5, 5.41) is 10.7. The monoisotopic (exact) mass is 323 g/mol. The Balaban J connectivity index is 1.55. The van der Waals surface area contributed by atoms with Crippen LogP contribution in [-0.2, 0) is 11.3 Å². The molecule has 2 saturated carbocycles. The maximum absolute atomic E-state index is 5.78. The summed E-state index contributed by atoms with van der Waals surface area (Å²) in [4.78, 5) is 5.78. The van der Waals surface area contributed by atoms with Gasteiger partial charge in [-0.2, -0.15) is 5.10 Å².